The normalized spacial score (nSPS) is 12.1. The Hall–Kier alpha value is -1.22. The molecule has 90 valence electrons. The van der Waals surface area contributed by atoms with Crippen LogP contribution < -0.4 is 5.48 Å². The zero-order valence-corrected chi connectivity index (χ0v) is 11.4. The number of allylic oxidation sites excluding steroid dienone is 1. The number of anilines is 1. The number of aromatic nitrogens is 4. The third kappa shape index (κ3) is 2.55. The van der Waals surface area contributed by atoms with E-state index in [1.165, 1.54) is 11.9 Å². The topological polar surface area (TPSA) is 75.9 Å². The van der Waals surface area contributed by atoms with Crippen LogP contribution in [0, 0.1) is 0 Å². The van der Waals surface area contributed by atoms with Crippen LogP contribution in [0.25, 0.3) is 11.2 Å². The first-order valence-corrected chi connectivity index (χ1v) is 6.32. The van der Waals surface area contributed by atoms with Gasteiger partial charge in [0, 0.05) is 6.54 Å². The molecule has 0 aliphatic heterocycles. The molecule has 0 aromatic carbocycles. The molecule has 2 N–H and O–H groups in total. The summed E-state index contributed by atoms with van der Waals surface area (Å²) in [5.41, 5.74) is 4.66. The summed E-state index contributed by atoms with van der Waals surface area (Å²) in [6.45, 7) is 2.86. The number of halogens is 1. The Balaban J connectivity index is 2.34. The molecule has 2 aromatic heterocycles. The van der Waals surface area contributed by atoms with Crippen molar-refractivity contribution < 1.29 is 5.21 Å². The van der Waals surface area contributed by atoms with E-state index < -0.39 is 0 Å². The molecule has 0 radical (unpaired) electrons. The van der Waals surface area contributed by atoms with Gasteiger partial charge in [0.25, 0.3) is 0 Å². The highest BCUT2D eigenvalue weighted by molar-refractivity contribution is 14.1. The van der Waals surface area contributed by atoms with Gasteiger partial charge in [0.1, 0.15) is 11.8 Å². The fourth-order valence-electron chi connectivity index (χ4n) is 1.51. The van der Waals surface area contributed by atoms with Crippen molar-refractivity contribution in [3.8, 4) is 0 Å². The quantitative estimate of drug-likeness (QED) is 0.657. The minimum Gasteiger partial charge on any atom is -0.326 e. The predicted octanol–water partition coefficient (Wildman–Crippen LogP) is 2.36. The molecule has 0 atom stereocenters. The van der Waals surface area contributed by atoms with E-state index in [2.05, 4.69) is 54.0 Å². The number of nitrogens with zero attached hydrogens (tertiary/aromatic N) is 4. The second kappa shape index (κ2) is 5.41. The number of hydrogen-bond donors (Lipinski definition) is 2. The van der Waals surface area contributed by atoms with Gasteiger partial charge in [0.05, 0.1) is 6.33 Å². The predicted molar refractivity (Wildman–Crippen MR) is 73.1 cm³/mol. The fraction of sp³-hybridized carbons (Fsp3) is 0.300. The Morgan fingerprint density at radius 1 is 1.53 bits per heavy atom. The van der Waals surface area contributed by atoms with Crippen molar-refractivity contribution in [1.82, 2.24) is 19.5 Å². The number of fused-ring (bicyclic) bond motifs is 1. The minimum absolute atomic E-state index is 0.378. The number of nitrogens with one attached hydrogen (secondary N) is 1. The molecule has 17 heavy (non-hydrogen) atoms. The lowest BCUT2D eigenvalue weighted by Crippen LogP contribution is -2.02. The van der Waals surface area contributed by atoms with Gasteiger partial charge in [0.2, 0.25) is 0 Å². The molecule has 7 heteroatoms. The Morgan fingerprint density at radius 2 is 2.35 bits per heavy atom. The maximum Gasteiger partial charge on any atom is 0.183 e. The first-order valence-electron chi connectivity index (χ1n) is 5.08. The lowest BCUT2D eigenvalue weighted by Gasteiger charge is -2.06. The van der Waals surface area contributed by atoms with Crippen LogP contribution in [-0.4, -0.2) is 24.7 Å². The molecule has 2 heterocycles. The van der Waals surface area contributed by atoms with Crippen LogP contribution in [0.1, 0.15) is 13.3 Å². The Bertz CT molecular complexity index is 551. The van der Waals surface area contributed by atoms with Crippen molar-refractivity contribution in [3.05, 3.63) is 22.3 Å². The molecule has 0 bridgehead atoms. The van der Waals surface area contributed by atoms with Crippen molar-refractivity contribution in [2.45, 2.75) is 19.9 Å². The molecule has 0 saturated heterocycles. The third-order valence-electron chi connectivity index (χ3n) is 2.45. The summed E-state index contributed by atoms with van der Waals surface area (Å²) < 4.78 is 3.98. The second-order valence-corrected chi connectivity index (χ2v) is 4.27. The smallest absolute Gasteiger partial charge is 0.183 e. The van der Waals surface area contributed by atoms with Gasteiger partial charge in [-0.15, -0.1) is 0 Å². The molecule has 2 aromatic rings. The van der Waals surface area contributed by atoms with Crippen LogP contribution in [0.5, 0.6) is 0 Å². The lowest BCUT2D eigenvalue weighted by molar-refractivity contribution is 0.386. The molecule has 0 spiro atoms. The van der Waals surface area contributed by atoms with E-state index in [1.807, 2.05) is 4.57 Å². The third-order valence-corrected chi connectivity index (χ3v) is 3.51. The van der Waals surface area contributed by atoms with E-state index in [0.29, 0.717) is 11.5 Å². The monoisotopic (exact) mass is 345 g/mol. The maximum absolute atomic E-state index is 9.01. The summed E-state index contributed by atoms with van der Waals surface area (Å²) in [5, 5.41) is 9.01. The summed E-state index contributed by atoms with van der Waals surface area (Å²) in [6.07, 6.45) is 4.00. The highest BCUT2D eigenvalue weighted by atomic mass is 127. The maximum atomic E-state index is 9.01. The van der Waals surface area contributed by atoms with Gasteiger partial charge in [-0.05, 0) is 17.4 Å². The van der Waals surface area contributed by atoms with Gasteiger partial charge in [-0.1, -0.05) is 28.2 Å². The summed E-state index contributed by atoms with van der Waals surface area (Å²) in [5.74, 6) is 0.378. The molecule has 0 aliphatic rings. The zero-order valence-electron chi connectivity index (χ0n) is 9.26. The number of aryl methyl sites for hydroxylation is 1. The lowest BCUT2D eigenvalue weighted by atomic mass is 10.2. The Labute approximate surface area is 112 Å². The first-order chi connectivity index (χ1) is 8.26. The molecular weight excluding hydrogens is 333 g/mol. The minimum atomic E-state index is 0.378. The highest BCUT2D eigenvalue weighted by Gasteiger charge is 2.09. The van der Waals surface area contributed by atoms with E-state index in [-0.39, 0.29) is 0 Å². The summed E-state index contributed by atoms with van der Waals surface area (Å²) in [4.78, 5) is 12.2. The van der Waals surface area contributed by atoms with E-state index in [1.54, 1.807) is 6.33 Å². The molecule has 2 rings (SSSR count). The van der Waals surface area contributed by atoms with Gasteiger partial charge in [0.15, 0.2) is 11.5 Å². The average Bonchev–Trinajstić information content (AvgIpc) is 2.79. The van der Waals surface area contributed by atoms with Gasteiger partial charge in [-0.25, -0.2) is 15.0 Å². The molecule has 0 fully saturated rings. The van der Waals surface area contributed by atoms with Crippen molar-refractivity contribution in [3.63, 3.8) is 0 Å². The molecular formula is C10H12IN5O. The van der Waals surface area contributed by atoms with Crippen molar-refractivity contribution in [2.24, 2.45) is 0 Å². The number of rotatable bonds is 4. The molecule has 0 unspecified atom stereocenters. The van der Waals surface area contributed by atoms with Crippen LogP contribution in [-0.2, 0) is 6.54 Å². The molecule has 0 aliphatic carbocycles. The van der Waals surface area contributed by atoms with Crippen LogP contribution in [0.15, 0.2) is 22.3 Å². The second-order valence-electron chi connectivity index (χ2n) is 3.65. The zero-order chi connectivity index (χ0) is 12.3. The van der Waals surface area contributed by atoms with Gasteiger partial charge >= 0.3 is 0 Å². The van der Waals surface area contributed by atoms with E-state index in [0.717, 1.165) is 18.5 Å². The number of hydrogen-bond acceptors (Lipinski definition) is 5. The summed E-state index contributed by atoms with van der Waals surface area (Å²) in [6, 6.07) is 0. The average molecular weight is 345 g/mol. The molecule has 6 nitrogen and oxygen atoms in total. The highest BCUT2D eigenvalue weighted by Crippen LogP contribution is 2.18. The van der Waals surface area contributed by atoms with Crippen molar-refractivity contribution >= 4 is 39.6 Å². The largest absolute Gasteiger partial charge is 0.326 e. The van der Waals surface area contributed by atoms with Gasteiger partial charge in [-0.2, -0.15) is 0 Å². The molecule has 0 amide bonds. The van der Waals surface area contributed by atoms with Gasteiger partial charge in [-0.3, -0.25) is 10.7 Å². The van der Waals surface area contributed by atoms with Gasteiger partial charge < -0.3 is 4.57 Å². The Kier molecular flexibility index (Phi) is 3.89. The van der Waals surface area contributed by atoms with Crippen molar-refractivity contribution in [2.75, 3.05) is 5.48 Å². The summed E-state index contributed by atoms with van der Waals surface area (Å²) in [7, 11) is 0. The Morgan fingerprint density at radius 3 is 3.06 bits per heavy atom. The van der Waals surface area contributed by atoms with Crippen LogP contribution in [0.2, 0.25) is 0 Å². The van der Waals surface area contributed by atoms with Crippen LogP contribution >= 0.6 is 22.6 Å². The van der Waals surface area contributed by atoms with Crippen molar-refractivity contribution in [1.29, 1.82) is 0 Å². The number of imidazole rings is 1. The standard InChI is InChI=1S/C10H12IN5O/c1-7(4-11)2-3-16-6-14-9-8(16)10(15-17)13-5-12-9/h4-6,17H,2-3H2,1H3,(H,12,13,15)/b7-4+. The van der Waals surface area contributed by atoms with E-state index >= 15 is 0 Å². The van der Waals surface area contributed by atoms with Crippen LogP contribution in [0.4, 0.5) is 5.82 Å². The van der Waals surface area contributed by atoms with E-state index in [4.69, 9.17) is 5.21 Å². The van der Waals surface area contributed by atoms with Crippen LogP contribution in [0.3, 0.4) is 0 Å². The first kappa shape index (κ1) is 12.2. The fourth-order valence-corrected chi connectivity index (χ4v) is 1.82. The summed E-state index contributed by atoms with van der Waals surface area (Å²) >= 11 is 2.22. The SMILES string of the molecule is C/C(=C\I)CCn1cnc2ncnc(NO)c21. The molecule has 0 saturated carbocycles. The van der Waals surface area contributed by atoms with E-state index in [9.17, 15) is 0 Å².